The summed E-state index contributed by atoms with van der Waals surface area (Å²) in [4.78, 5) is 12.5. The van der Waals surface area contributed by atoms with Crippen LogP contribution < -0.4 is 0 Å². The van der Waals surface area contributed by atoms with Gasteiger partial charge in [-0.1, -0.05) is 39.8 Å². The molecule has 0 radical (unpaired) electrons. The zero-order valence-corrected chi connectivity index (χ0v) is 12.8. The fourth-order valence-electron chi connectivity index (χ4n) is 2.99. The van der Waals surface area contributed by atoms with Gasteiger partial charge in [0.05, 0.1) is 6.61 Å². The van der Waals surface area contributed by atoms with Crippen molar-refractivity contribution < 1.29 is 9.90 Å². The Bertz CT molecular complexity index is 310. The summed E-state index contributed by atoms with van der Waals surface area (Å²) in [5, 5.41) is 9.11. The summed E-state index contributed by atoms with van der Waals surface area (Å²) in [6.45, 7) is 8.81. The third-order valence-corrected chi connectivity index (χ3v) is 4.93. The van der Waals surface area contributed by atoms with E-state index in [9.17, 15) is 4.79 Å². The van der Waals surface area contributed by atoms with Gasteiger partial charge in [-0.05, 0) is 17.8 Å². The Kier molecular flexibility index (Phi) is 5.93. The van der Waals surface area contributed by atoms with Gasteiger partial charge in [0, 0.05) is 23.3 Å². The molecule has 3 atom stereocenters. The highest BCUT2D eigenvalue weighted by atomic mass is 32.2. The second kappa shape index (κ2) is 6.76. The second-order valence-corrected chi connectivity index (χ2v) is 7.58. The molecule has 0 aliphatic heterocycles. The molecule has 1 N–H and O–H groups in total. The molecule has 0 bridgehead atoms. The lowest BCUT2D eigenvalue weighted by atomic mass is 9.65. The highest BCUT2D eigenvalue weighted by Gasteiger charge is 2.39. The van der Waals surface area contributed by atoms with E-state index in [1.54, 1.807) is 11.8 Å². The number of thioether (sulfide) groups is 1. The number of hydrogen-bond donors (Lipinski definition) is 1. The third-order valence-electron chi connectivity index (χ3n) is 3.78. The van der Waals surface area contributed by atoms with E-state index in [1.807, 2.05) is 0 Å². The number of rotatable bonds is 6. The van der Waals surface area contributed by atoms with Crippen LogP contribution in [0.2, 0.25) is 0 Å². The van der Waals surface area contributed by atoms with E-state index in [4.69, 9.17) is 5.11 Å². The predicted octanol–water partition coefficient (Wildman–Crippen LogP) is 3.30. The summed E-state index contributed by atoms with van der Waals surface area (Å²) < 4.78 is 0. The van der Waals surface area contributed by atoms with Gasteiger partial charge < -0.3 is 5.11 Å². The van der Waals surface area contributed by atoms with E-state index >= 15 is 0 Å². The lowest BCUT2D eigenvalue weighted by Gasteiger charge is -2.39. The van der Waals surface area contributed by atoms with Crippen molar-refractivity contribution in [3.05, 3.63) is 12.2 Å². The number of Topliss-reactive ketones (excluding diaryl/α,β-unsaturated/α-hetero) is 1. The van der Waals surface area contributed by atoms with Crippen molar-refractivity contribution in [1.82, 2.24) is 0 Å². The van der Waals surface area contributed by atoms with Crippen LogP contribution in [0.15, 0.2) is 12.2 Å². The second-order valence-electron chi connectivity index (χ2n) is 6.03. The number of aliphatic hydroxyl groups is 1. The molecule has 0 aromatic carbocycles. The van der Waals surface area contributed by atoms with Crippen LogP contribution in [0.1, 0.15) is 40.5 Å². The fourth-order valence-corrected chi connectivity index (χ4v) is 3.78. The maximum Gasteiger partial charge on any atom is 0.138 e. The Hall–Kier alpha value is -0.280. The first-order valence-electron chi connectivity index (χ1n) is 6.80. The first-order valence-corrected chi connectivity index (χ1v) is 7.85. The van der Waals surface area contributed by atoms with E-state index in [2.05, 4.69) is 39.8 Å². The number of carbonyl (C=O) groups excluding carboxylic acids is 1. The quantitative estimate of drug-likeness (QED) is 0.753. The predicted molar refractivity (Wildman–Crippen MR) is 78.8 cm³/mol. The monoisotopic (exact) mass is 270 g/mol. The molecule has 0 saturated carbocycles. The van der Waals surface area contributed by atoms with Gasteiger partial charge in [-0.2, -0.15) is 11.8 Å². The lowest BCUT2D eigenvalue weighted by Crippen LogP contribution is -2.38. The van der Waals surface area contributed by atoms with Crippen molar-refractivity contribution in [2.75, 3.05) is 12.4 Å². The molecule has 1 aliphatic rings. The van der Waals surface area contributed by atoms with Crippen molar-refractivity contribution >= 4 is 17.5 Å². The van der Waals surface area contributed by atoms with Crippen molar-refractivity contribution in [1.29, 1.82) is 0 Å². The molecular weight excluding hydrogens is 244 g/mol. The van der Waals surface area contributed by atoms with Crippen LogP contribution in [0.3, 0.4) is 0 Å². The topological polar surface area (TPSA) is 37.3 Å². The highest BCUT2D eigenvalue weighted by Crippen LogP contribution is 2.42. The first kappa shape index (κ1) is 15.8. The van der Waals surface area contributed by atoms with Crippen LogP contribution in [-0.4, -0.2) is 28.5 Å². The largest absolute Gasteiger partial charge is 0.396 e. The van der Waals surface area contributed by atoms with E-state index in [1.165, 1.54) is 0 Å². The summed E-state index contributed by atoms with van der Waals surface area (Å²) in [5.74, 6) is 1.59. The number of ketones is 1. The Morgan fingerprint density at radius 1 is 1.56 bits per heavy atom. The van der Waals surface area contributed by atoms with E-state index in [0.29, 0.717) is 23.4 Å². The van der Waals surface area contributed by atoms with Crippen LogP contribution in [0, 0.1) is 17.3 Å². The summed E-state index contributed by atoms with van der Waals surface area (Å²) >= 11 is 1.68. The van der Waals surface area contributed by atoms with Gasteiger partial charge >= 0.3 is 0 Å². The summed E-state index contributed by atoms with van der Waals surface area (Å²) in [6, 6.07) is 0. The minimum absolute atomic E-state index is 0.0760. The zero-order chi connectivity index (χ0) is 13.8. The van der Waals surface area contributed by atoms with E-state index in [-0.39, 0.29) is 17.9 Å². The van der Waals surface area contributed by atoms with E-state index < -0.39 is 0 Å². The summed E-state index contributed by atoms with van der Waals surface area (Å²) in [6.07, 6.45) is 6.00. The van der Waals surface area contributed by atoms with Crippen LogP contribution in [0.5, 0.6) is 0 Å². The van der Waals surface area contributed by atoms with Crippen LogP contribution >= 0.6 is 11.8 Å². The maximum atomic E-state index is 12.5. The molecular formula is C15H26O2S. The van der Waals surface area contributed by atoms with Gasteiger partial charge in [-0.3, -0.25) is 4.79 Å². The molecule has 104 valence electrons. The molecule has 0 aromatic heterocycles. The average molecular weight is 270 g/mol. The molecule has 0 amide bonds. The SMILES string of the molecule is CC(CC(=O)C1C(C)C=CCC1(C)C)SCCO. The first-order chi connectivity index (χ1) is 8.38. The summed E-state index contributed by atoms with van der Waals surface area (Å²) in [7, 11) is 0. The van der Waals surface area contributed by atoms with Crippen LogP contribution in [-0.2, 0) is 4.79 Å². The van der Waals surface area contributed by atoms with Crippen molar-refractivity contribution in [2.45, 2.75) is 45.8 Å². The molecule has 0 saturated heterocycles. The number of allylic oxidation sites excluding steroid dienone is 2. The third kappa shape index (κ3) is 4.13. The van der Waals surface area contributed by atoms with Gasteiger partial charge in [0.2, 0.25) is 0 Å². The molecule has 18 heavy (non-hydrogen) atoms. The number of aliphatic hydroxyl groups excluding tert-OH is 1. The standard InChI is InChI=1S/C15H26O2S/c1-11-6-5-7-15(3,4)14(11)13(17)10-12(2)18-9-8-16/h5-6,11-12,14,16H,7-10H2,1-4H3. The van der Waals surface area contributed by atoms with Crippen molar-refractivity contribution in [2.24, 2.45) is 17.3 Å². The van der Waals surface area contributed by atoms with Gasteiger partial charge in [-0.15, -0.1) is 0 Å². The Morgan fingerprint density at radius 2 is 2.22 bits per heavy atom. The van der Waals surface area contributed by atoms with Crippen LogP contribution in [0.4, 0.5) is 0 Å². The fraction of sp³-hybridized carbons (Fsp3) is 0.800. The maximum absolute atomic E-state index is 12.5. The molecule has 1 rings (SSSR count). The van der Waals surface area contributed by atoms with Gasteiger partial charge in [0.15, 0.2) is 0 Å². The zero-order valence-electron chi connectivity index (χ0n) is 12.0. The highest BCUT2D eigenvalue weighted by molar-refractivity contribution is 7.99. The van der Waals surface area contributed by atoms with E-state index in [0.717, 1.165) is 12.2 Å². The Labute approximate surface area is 115 Å². The molecule has 1 aliphatic carbocycles. The summed E-state index contributed by atoms with van der Waals surface area (Å²) in [5.41, 5.74) is 0.0760. The minimum Gasteiger partial charge on any atom is -0.396 e. The van der Waals surface area contributed by atoms with Gasteiger partial charge in [0.25, 0.3) is 0 Å². The van der Waals surface area contributed by atoms with Crippen molar-refractivity contribution in [3.63, 3.8) is 0 Å². The van der Waals surface area contributed by atoms with Crippen LogP contribution in [0.25, 0.3) is 0 Å². The lowest BCUT2D eigenvalue weighted by molar-refractivity contribution is -0.128. The normalized spacial score (nSPS) is 28.1. The molecule has 0 aromatic rings. The number of hydrogen-bond acceptors (Lipinski definition) is 3. The minimum atomic E-state index is 0.0760. The molecule has 3 unspecified atom stereocenters. The average Bonchev–Trinajstić information content (AvgIpc) is 2.24. The van der Waals surface area contributed by atoms with Gasteiger partial charge in [0.1, 0.15) is 5.78 Å². The Balaban J connectivity index is 2.62. The number of carbonyl (C=O) groups is 1. The van der Waals surface area contributed by atoms with Gasteiger partial charge in [-0.25, -0.2) is 0 Å². The Morgan fingerprint density at radius 3 is 2.78 bits per heavy atom. The smallest absolute Gasteiger partial charge is 0.138 e. The molecule has 0 spiro atoms. The molecule has 2 nitrogen and oxygen atoms in total. The van der Waals surface area contributed by atoms with Crippen molar-refractivity contribution in [3.8, 4) is 0 Å². The molecule has 0 fully saturated rings. The molecule has 3 heteroatoms. The molecule has 0 heterocycles.